The number of rotatable bonds is 3. The van der Waals surface area contributed by atoms with Gasteiger partial charge in [0.1, 0.15) is 23.4 Å². The summed E-state index contributed by atoms with van der Waals surface area (Å²) in [5.74, 6) is 1.55. The van der Waals surface area contributed by atoms with Crippen molar-refractivity contribution in [3.63, 3.8) is 0 Å². The Morgan fingerprint density at radius 1 is 1.10 bits per heavy atom. The molecule has 2 aromatic carbocycles. The molecule has 156 valence electrons. The number of hydrogen-bond acceptors (Lipinski definition) is 7. The number of fused-ring (bicyclic) bond motifs is 6. The molecule has 0 unspecified atom stereocenters. The predicted molar refractivity (Wildman–Crippen MR) is 107 cm³/mol. The van der Waals surface area contributed by atoms with Crippen LogP contribution in [0.3, 0.4) is 0 Å². The van der Waals surface area contributed by atoms with Crippen LogP contribution >= 0.6 is 0 Å². The van der Waals surface area contributed by atoms with E-state index in [0.717, 1.165) is 11.1 Å². The van der Waals surface area contributed by atoms with E-state index in [1.165, 1.54) is 14.2 Å². The SMILES string of the molecule is C=C(C)[C@@H]1Cc2c(ccc3c2O[C@@H]2[C@@H](O)Oc4cc(OC)c(OC)cc4[C@@H]2C3=O)O1. The van der Waals surface area contributed by atoms with Crippen molar-refractivity contribution in [3.8, 4) is 28.7 Å². The van der Waals surface area contributed by atoms with Crippen LogP contribution in [-0.4, -0.2) is 43.6 Å². The smallest absolute Gasteiger partial charge is 0.235 e. The molecule has 3 aliphatic rings. The lowest BCUT2D eigenvalue weighted by Gasteiger charge is -2.40. The van der Waals surface area contributed by atoms with Gasteiger partial charge in [0.15, 0.2) is 23.4 Å². The van der Waals surface area contributed by atoms with Gasteiger partial charge in [0.2, 0.25) is 6.29 Å². The molecule has 0 aliphatic carbocycles. The molecule has 0 bridgehead atoms. The van der Waals surface area contributed by atoms with E-state index in [1.54, 1.807) is 24.3 Å². The summed E-state index contributed by atoms with van der Waals surface area (Å²) in [5.41, 5.74) is 2.78. The van der Waals surface area contributed by atoms with Crippen LogP contribution in [0.4, 0.5) is 0 Å². The van der Waals surface area contributed by atoms with E-state index in [0.29, 0.717) is 46.3 Å². The molecule has 5 rings (SSSR count). The number of ketones is 1. The number of benzene rings is 2. The molecule has 4 atom stereocenters. The van der Waals surface area contributed by atoms with Crippen molar-refractivity contribution >= 4 is 5.78 Å². The molecule has 3 heterocycles. The third-order valence-electron chi connectivity index (χ3n) is 5.94. The molecule has 1 N–H and O–H groups in total. The summed E-state index contributed by atoms with van der Waals surface area (Å²) < 4.78 is 28.5. The number of aliphatic hydroxyl groups is 1. The van der Waals surface area contributed by atoms with Crippen LogP contribution in [0, 0.1) is 0 Å². The summed E-state index contributed by atoms with van der Waals surface area (Å²) in [5, 5.41) is 10.7. The van der Waals surface area contributed by atoms with Gasteiger partial charge in [-0.15, -0.1) is 0 Å². The van der Waals surface area contributed by atoms with Crippen molar-refractivity contribution in [3.05, 3.63) is 53.1 Å². The second kappa shape index (κ2) is 6.67. The van der Waals surface area contributed by atoms with Crippen molar-refractivity contribution in [2.24, 2.45) is 0 Å². The minimum Gasteiger partial charge on any atom is -0.493 e. The second-order valence-electron chi connectivity index (χ2n) is 7.75. The number of hydrogen-bond donors (Lipinski definition) is 1. The van der Waals surface area contributed by atoms with Gasteiger partial charge in [0, 0.05) is 23.6 Å². The van der Waals surface area contributed by atoms with Gasteiger partial charge in [-0.1, -0.05) is 6.58 Å². The molecule has 0 saturated carbocycles. The quantitative estimate of drug-likeness (QED) is 0.779. The first kappa shape index (κ1) is 18.8. The monoisotopic (exact) mass is 410 g/mol. The number of Topliss-reactive ketones (excluding diaryl/α,β-unsaturated/α-hetero) is 1. The van der Waals surface area contributed by atoms with Crippen LogP contribution in [-0.2, 0) is 6.42 Å². The number of carbonyl (C=O) groups is 1. The molecule has 7 nitrogen and oxygen atoms in total. The molecule has 30 heavy (non-hydrogen) atoms. The maximum Gasteiger partial charge on any atom is 0.235 e. The third kappa shape index (κ3) is 2.58. The highest BCUT2D eigenvalue weighted by Crippen LogP contribution is 2.50. The lowest BCUT2D eigenvalue weighted by molar-refractivity contribution is -0.112. The molecule has 0 radical (unpaired) electrons. The Morgan fingerprint density at radius 3 is 2.53 bits per heavy atom. The summed E-state index contributed by atoms with van der Waals surface area (Å²) in [6.45, 7) is 5.87. The zero-order valence-corrected chi connectivity index (χ0v) is 16.9. The van der Waals surface area contributed by atoms with Crippen LogP contribution in [0.1, 0.15) is 34.3 Å². The Hall–Kier alpha value is -3.19. The van der Waals surface area contributed by atoms with Crippen molar-refractivity contribution in [1.82, 2.24) is 0 Å². The van der Waals surface area contributed by atoms with Crippen molar-refractivity contribution in [1.29, 1.82) is 0 Å². The van der Waals surface area contributed by atoms with E-state index < -0.39 is 18.3 Å². The number of carbonyl (C=O) groups excluding carboxylic acids is 1. The van der Waals surface area contributed by atoms with E-state index in [2.05, 4.69) is 6.58 Å². The zero-order chi connectivity index (χ0) is 21.2. The van der Waals surface area contributed by atoms with Gasteiger partial charge in [-0.2, -0.15) is 0 Å². The Bertz CT molecular complexity index is 1070. The van der Waals surface area contributed by atoms with Crippen molar-refractivity contribution < 1.29 is 33.6 Å². The highest BCUT2D eigenvalue weighted by molar-refractivity contribution is 6.06. The van der Waals surface area contributed by atoms with E-state index >= 15 is 0 Å². The van der Waals surface area contributed by atoms with Gasteiger partial charge in [-0.3, -0.25) is 4.79 Å². The Kier molecular flexibility index (Phi) is 4.18. The van der Waals surface area contributed by atoms with Gasteiger partial charge in [0.25, 0.3) is 0 Å². The highest BCUT2D eigenvalue weighted by atomic mass is 16.6. The zero-order valence-electron chi connectivity index (χ0n) is 16.9. The molecule has 2 aromatic rings. The third-order valence-corrected chi connectivity index (χ3v) is 5.94. The number of aliphatic hydroxyl groups excluding tert-OH is 1. The summed E-state index contributed by atoms with van der Waals surface area (Å²) >= 11 is 0. The molecular formula is C23H22O7. The van der Waals surface area contributed by atoms with E-state index in [4.69, 9.17) is 23.7 Å². The van der Waals surface area contributed by atoms with Crippen LogP contribution in [0.15, 0.2) is 36.4 Å². The number of methoxy groups -OCH3 is 2. The topological polar surface area (TPSA) is 83.5 Å². The van der Waals surface area contributed by atoms with Gasteiger partial charge in [-0.05, 0) is 30.7 Å². The minimum atomic E-state index is -1.31. The Labute approximate surface area is 173 Å². The largest absolute Gasteiger partial charge is 0.493 e. The normalized spacial score (nSPS) is 25.5. The van der Waals surface area contributed by atoms with Crippen LogP contribution in [0.25, 0.3) is 0 Å². The average molecular weight is 410 g/mol. The van der Waals surface area contributed by atoms with Crippen molar-refractivity contribution in [2.45, 2.75) is 37.8 Å². The van der Waals surface area contributed by atoms with Crippen molar-refractivity contribution in [2.75, 3.05) is 14.2 Å². The Balaban J connectivity index is 1.61. The second-order valence-corrected chi connectivity index (χ2v) is 7.75. The summed E-state index contributed by atoms with van der Waals surface area (Å²) in [7, 11) is 3.04. The Morgan fingerprint density at radius 2 is 1.83 bits per heavy atom. The average Bonchev–Trinajstić information content (AvgIpc) is 3.18. The fourth-order valence-electron chi connectivity index (χ4n) is 4.38. The van der Waals surface area contributed by atoms with Gasteiger partial charge >= 0.3 is 0 Å². The lowest BCUT2D eigenvalue weighted by Crippen LogP contribution is -2.49. The van der Waals surface area contributed by atoms with E-state index in [-0.39, 0.29) is 11.9 Å². The summed E-state index contributed by atoms with van der Waals surface area (Å²) in [6.07, 6.45) is -1.79. The maximum atomic E-state index is 13.6. The van der Waals surface area contributed by atoms with E-state index in [9.17, 15) is 9.90 Å². The van der Waals surface area contributed by atoms with Crippen LogP contribution in [0.5, 0.6) is 28.7 Å². The fourth-order valence-corrected chi connectivity index (χ4v) is 4.38. The first-order valence-corrected chi connectivity index (χ1v) is 9.72. The molecular weight excluding hydrogens is 388 g/mol. The van der Waals surface area contributed by atoms with Gasteiger partial charge < -0.3 is 28.8 Å². The molecule has 7 heteroatoms. The molecule has 0 fully saturated rings. The first-order chi connectivity index (χ1) is 14.4. The van der Waals surface area contributed by atoms with Gasteiger partial charge in [0.05, 0.1) is 25.7 Å². The first-order valence-electron chi connectivity index (χ1n) is 9.72. The minimum absolute atomic E-state index is 0.140. The summed E-state index contributed by atoms with van der Waals surface area (Å²) in [6, 6.07) is 6.84. The molecule has 3 aliphatic heterocycles. The molecule has 0 spiro atoms. The maximum absolute atomic E-state index is 13.6. The predicted octanol–water partition coefficient (Wildman–Crippen LogP) is 3.02. The molecule has 0 aromatic heterocycles. The van der Waals surface area contributed by atoms with Crippen LogP contribution in [0.2, 0.25) is 0 Å². The van der Waals surface area contributed by atoms with Gasteiger partial charge in [-0.25, -0.2) is 0 Å². The summed E-state index contributed by atoms with van der Waals surface area (Å²) in [4.78, 5) is 13.6. The molecule has 0 saturated heterocycles. The highest BCUT2D eigenvalue weighted by Gasteiger charge is 2.49. The number of ether oxygens (including phenoxy) is 5. The molecule has 0 amide bonds. The lowest BCUT2D eigenvalue weighted by atomic mass is 9.80. The fraction of sp³-hybridized carbons (Fsp3) is 0.348. The van der Waals surface area contributed by atoms with E-state index in [1.807, 2.05) is 6.92 Å². The standard InChI is InChI=1S/C23H22O7/c1-10(2)15-8-13-14(28-15)6-5-11-20(24)19-12-7-17(26-3)18(27-4)9-16(12)29-23(25)22(19)30-21(11)13/h5-7,9,15,19,22-23,25H,1,8H2,2-4H3/t15-,19+,22-,23-/m0/s1. The van der Waals surface area contributed by atoms with Crippen LogP contribution < -0.4 is 23.7 Å².